The van der Waals surface area contributed by atoms with E-state index in [1.807, 2.05) is 22.8 Å². The van der Waals surface area contributed by atoms with Gasteiger partial charge in [0.2, 0.25) is 11.8 Å². The Bertz CT molecular complexity index is 642. The lowest BCUT2D eigenvalue weighted by atomic mass is 9.81. The predicted molar refractivity (Wildman–Crippen MR) is 106 cm³/mol. The number of hydrogen-bond acceptors (Lipinski definition) is 3. The average Bonchev–Trinajstić information content (AvgIpc) is 2.64. The van der Waals surface area contributed by atoms with Crippen molar-refractivity contribution in [2.45, 2.75) is 40.0 Å². The fourth-order valence-electron chi connectivity index (χ4n) is 3.91. The maximum atomic E-state index is 14.0. The van der Waals surface area contributed by atoms with E-state index in [-0.39, 0.29) is 23.5 Å². The quantitative estimate of drug-likeness (QED) is 0.757. The Labute approximate surface area is 161 Å². The smallest absolute Gasteiger partial charge is 0.226 e. The van der Waals surface area contributed by atoms with Crippen LogP contribution in [0.2, 0.25) is 0 Å². The monoisotopic (exact) mass is 377 g/mol. The molecule has 0 radical (unpaired) electrons. The number of piperazine rings is 1. The Balaban J connectivity index is 2.08. The summed E-state index contributed by atoms with van der Waals surface area (Å²) < 4.78 is 14.0. The highest BCUT2D eigenvalue weighted by Gasteiger charge is 2.36. The van der Waals surface area contributed by atoms with Gasteiger partial charge < -0.3 is 15.5 Å². The van der Waals surface area contributed by atoms with Gasteiger partial charge in [-0.15, -0.1) is 0 Å². The lowest BCUT2D eigenvalue weighted by Gasteiger charge is -2.39. The molecule has 1 saturated heterocycles. The van der Waals surface area contributed by atoms with Crippen LogP contribution in [-0.4, -0.2) is 42.9 Å². The second kappa shape index (κ2) is 9.72. The predicted octanol–water partition coefficient (Wildman–Crippen LogP) is 3.04. The third-order valence-electron chi connectivity index (χ3n) is 5.28. The van der Waals surface area contributed by atoms with E-state index in [1.54, 1.807) is 12.1 Å². The van der Waals surface area contributed by atoms with E-state index in [0.717, 1.165) is 6.42 Å². The van der Waals surface area contributed by atoms with Crippen molar-refractivity contribution >= 4 is 17.5 Å². The molecule has 27 heavy (non-hydrogen) atoms. The van der Waals surface area contributed by atoms with Gasteiger partial charge in [0.15, 0.2) is 0 Å². The molecule has 1 fully saturated rings. The lowest BCUT2D eigenvalue weighted by molar-refractivity contribution is -0.142. The van der Waals surface area contributed by atoms with Crippen LogP contribution in [0, 0.1) is 23.6 Å². The molecule has 2 N–H and O–H groups in total. The summed E-state index contributed by atoms with van der Waals surface area (Å²) >= 11 is 0. The Kier molecular flexibility index (Phi) is 7.63. The normalized spacial score (nSPS) is 17.1. The molecule has 1 aliphatic heterocycles. The van der Waals surface area contributed by atoms with E-state index in [9.17, 15) is 14.0 Å². The zero-order valence-electron chi connectivity index (χ0n) is 16.7. The summed E-state index contributed by atoms with van der Waals surface area (Å²) in [7, 11) is 0. The van der Waals surface area contributed by atoms with Crippen LogP contribution in [0.15, 0.2) is 24.3 Å². The number of rotatable bonds is 8. The first-order chi connectivity index (χ1) is 12.8. The van der Waals surface area contributed by atoms with Gasteiger partial charge in [-0.05, 0) is 30.9 Å². The van der Waals surface area contributed by atoms with Crippen LogP contribution in [0.4, 0.5) is 10.1 Å². The van der Waals surface area contributed by atoms with Crippen LogP contribution < -0.4 is 10.6 Å². The summed E-state index contributed by atoms with van der Waals surface area (Å²) in [4.78, 5) is 28.9. The van der Waals surface area contributed by atoms with Crippen LogP contribution in [0.5, 0.6) is 0 Å². The second-order valence-corrected chi connectivity index (χ2v) is 7.80. The Morgan fingerprint density at radius 3 is 2.26 bits per heavy atom. The molecule has 0 spiro atoms. The summed E-state index contributed by atoms with van der Waals surface area (Å²) in [6, 6.07) is 6.70. The van der Waals surface area contributed by atoms with Gasteiger partial charge in [0.25, 0.3) is 0 Å². The number of nitrogens with zero attached hydrogens (tertiary/aromatic N) is 2. The van der Waals surface area contributed by atoms with Gasteiger partial charge in [-0.2, -0.15) is 0 Å². The summed E-state index contributed by atoms with van der Waals surface area (Å²) in [6.45, 7) is 8.33. The SMILES string of the molecule is CCC[C@H](C(N)=O)[C@@H](CC(C)C)C(=O)N1CCN(c2ccccc2F)CC1. The minimum Gasteiger partial charge on any atom is -0.369 e. The lowest BCUT2D eigenvalue weighted by Crippen LogP contribution is -2.52. The minimum atomic E-state index is -0.422. The molecule has 1 heterocycles. The van der Waals surface area contributed by atoms with Gasteiger partial charge in [-0.1, -0.05) is 39.3 Å². The highest BCUT2D eigenvalue weighted by Crippen LogP contribution is 2.28. The number of anilines is 1. The number of nitrogens with two attached hydrogens (primary N) is 1. The molecule has 0 aliphatic carbocycles. The highest BCUT2D eigenvalue weighted by atomic mass is 19.1. The number of para-hydroxylation sites is 1. The van der Waals surface area contributed by atoms with Gasteiger partial charge in [0, 0.05) is 38.0 Å². The van der Waals surface area contributed by atoms with E-state index in [1.165, 1.54) is 6.07 Å². The molecular weight excluding hydrogens is 345 g/mol. The Hall–Kier alpha value is -2.11. The first-order valence-corrected chi connectivity index (χ1v) is 9.92. The molecule has 0 saturated carbocycles. The first kappa shape index (κ1) is 21.2. The van der Waals surface area contributed by atoms with E-state index in [4.69, 9.17) is 5.73 Å². The topological polar surface area (TPSA) is 66.6 Å². The van der Waals surface area contributed by atoms with Crippen molar-refractivity contribution in [2.24, 2.45) is 23.5 Å². The van der Waals surface area contributed by atoms with E-state index >= 15 is 0 Å². The van der Waals surface area contributed by atoms with Crippen molar-refractivity contribution in [2.75, 3.05) is 31.1 Å². The van der Waals surface area contributed by atoms with Crippen molar-refractivity contribution in [3.63, 3.8) is 0 Å². The van der Waals surface area contributed by atoms with Crippen molar-refractivity contribution in [3.8, 4) is 0 Å². The number of carbonyl (C=O) groups excluding carboxylic acids is 2. The molecule has 6 heteroatoms. The highest BCUT2D eigenvalue weighted by molar-refractivity contribution is 5.87. The third kappa shape index (κ3) is 5.44. The molecule has 1 aromatic carbocycles. The second-order valence-electron chi connectivity index (χ2n) is 7.80. The molecule has 2 amide bonds. The van der Waals surface area contributed by atoms with Crippen molar-refractivity contribution in [1.29, 1.82) is 0 Å². The van der Waals surface area contributed by atoms with Gasteiger partial charge in [0.1, 0.15) is 5.82 Å². The summed E-state index contributed by atoms with van der Waals surface area (Å²) in [5.41, 5.74) is 6.20. The van der Waals surface area contributed by atoms with Crippen LogP contribution in [0.3, 0.4) is 0 Å². The minimum absolute atomic E-state index is 0.00846. The third-order valence-corrected chi connectivity index (χ3v) is 5.28. The number of carbonyl (C=O) groups is 2. The number of benzene rings is 1. The summed E-state index contributed by atoms with van der Waals surface area (Å²) in [6.07, 6.45) is 2.10. The molecular formula is C21H32FN3O2. The van der Waals surface area contributed by atoms with Crippen LogP contribution in [-0.2, 0) is 9.59 Å². The van der Waals surface area contributed by atoms with E-state index in [0.29, 0.717) is 50.6 Å². The zero-order valence-corrected chi connectivity index (χ0v) is 16.7. The number of hydrogen-bond donors (Lipinski definition) is 1. The maximum Gasteiger partial charge on any atom is 0.226 e. The van der Waals surface area contributed by atoms with Gasteiger partial charge in [-0.25, -0.2) is 4.39 Å². The maximum absolute atomic E-state index is 14.0. The zero-order chi connectivity index (χ0) is 20.0. The number of halogens is 1. The van der Waals surface area contributed by atoms with Crippen LogP contribution in [0.25, 0.3) is 0 Å². The van der Waals surface area contributed by atoms with Crippen LogP contribution in [0.1, 0.15) is 40.0 Å². The van der Waals surface area contributed by atoms with Crippen molar-refractivity contribution in [1.82, 2.24) is 4.90 Å². The molecule has 1 aromatic rings. The van der Waals surface area contributed by atoms with E-state index in [2.05, 4.69) is 13.8 Å². The number of primary amides is 1. The van der Waals surface area contributed by atoms with Crippen LogP contribution >= 0.6 is 0 Å². The largest absolute Gasteiger partial charge is 0.369 e. The van der Waals surface area contributed by atoms with Gasteiger partial charge in [0.05, 0.1) is 5.69 Å². The van der Waals surface area contributed by atoms with Gasteiger partial charge in [-0.3, -0.25) is 9.59 Å². The number of amides is 2. The standard InChI is InChI=1S/C21H32FN3O2/c1-4-7-16(20(23)26)17(14-15(2)3)21(27)25-12-10-24(11-13-25)19-9-6-5-8-18(19)22/h5-6,8-9,15-17H,4,7,10-14H2,1-3H3,(H2,23,26)/t16-,17+/m0/s1. The van der Waals surface area contributed by atoms with Crippen molar-refractivity contribution in [3.05, 3.63) is 30.1 Å². The fourth-order valence-corrected chi connectivity index (χ4v) is 3.91. The molecule has 5 nitrogen and oxygen atoms in total. The Morgan fingerprint density at radius 2 is 1.74 bits per heavy atom. The molecule has 2 rings (SSSR count). The van der Waals surface area contributed by atoms with Crippen molar-refractivity contribution < 1.29 is 14.0 Å². The molecule has 0 unspecified atom stereocenters. The molecule has 150 valence electrons. The average molecular weight is 378 g/mol. The first-order valence-electron chi connectivity index (χ1n) is 9.92. The molecule has 1 aliphatic rings. The summed E-state index contributed by atoms with van der Waals surface area (Å²) in [5, 5.41) is 0. The van der Waals surface area contributed by atoms with E-state index < -0.39 is 5.92 Å². The molecule has 0 aromatic heterocycles. The summed E-state index contributed by atoms with van der Waals surface area (Å²) in [5.74, 6) is -1.11. The Morgan fingerprint density at radius 1 is 1.11 bits per heavy atom. The van der Waals surface area contributed by atoms with Gasteiger partial charge >= 0.3 is 0 Å². The molecule has 2 atom stereocenters. The molecule has 0 bridgehead atoms. The fraction of sp³-hybridized carbons (Fsp3) is 0.619.